The number of hydrogen-bond donors (Lipinski definition) is 0. The van der Waals surface area contributed by atoms with Crippen LogP contribution in [0.3, 0.4) is 0 Å². The molecule has 4 aromatic rings. The van der Waals surface area contributed by atoms with Gasteiger partial charge in [0.1, 0.15) is 5.69 Å². The van der Waals surface area contributed by atoms with Gasteiger partial charge in [-0.05, 0) is 35.4 Å². The van der Waals surface area contributed by atoms with Crippen molar-refractivity contribution in [2.45, 2.75) is 6.04 Å². The number of nitrogens with zero attached hydrogens (tertiary/aromatic N) is 1. The van der Waals surface area contributed by atoms with Crippen LogP contribution in [0.1, 0.15) is 27.7 Å². The van der Waals surface area contributed by atoms with Gasteiger partial charge >= 0.3 is 5.97 Å². The van der Waals surface area contributed by atoms with Gasteiger partial charge in [-0.1, -0.05) is 76.6 Å². The molecule has 0 aliphatic rings. The fourth-order valence-corrected chi connectivity index (χ4v) is 3.82. The highest BCUT2D eigenvalue weighted by Gasteiger charge is 2.26. The van der Waals surface area contributed by atoms with E-state index in [1.807, 2.05) is 83.4 Å². The lowest BCUT2D eigenvalue weighted by molar-refractivity contribution is -0.0796. The van der Waals surface area contributed by atoms with E-state index in [0.717, 1.165) is 26.5 Å². The van der Waals surface area contributed by atoms with Crippen molar-refractivity contribution >= 4 is 32.8 Å². The summed E-state index contributed by atoms with van der Waals surface area (Å²) >= 11 is 3.45. The van der Waals surface area contributed by atoms with Crippen LogP contribution in [-0.2, 0) is 4.94 Å². The summed E-state index contributed by atoms with van der Waals surface area (Å²) in [6.45, 7) is 0. The quantitative estimate of drug-likeness (QED) is 0.398. The molecule has 3 nitrogen and oxygen atoms in total. The van der Waals surface area contributed by atoms with Gasteiger partial charge in [-0.25, -0.2) is 9.74 Å². The van der Waals surface area contributed by atoms with Gasteiger partial charge in [0, 0.05) is 19.9 Å². The molecule has 0 radical (unpaired) electrons. The molecule has 0 amide bonds. The van der Waals surface area contributed by atoms with E-state index in [1.54, 1.807) is 6.07 Å². The van der Waals surface area contributed by atoms with Crippen LogP contribution < -0.4 is 0 Å². The largest absolute Gasteiger partial charge is 0.395 e. The Labute approximate surface area is 164 Å². The first kappa shape index (κ1) is 17.5. The van der Waals surface area contributed by atoms with Crippen molar-refractivity contribution in [2.75, 3.05) is 0 Å². The highest BCUT2D eigenvalue weighted by Crippen LogP contribution is 2.34. The van der Waals surface area contributed by atoms with Gasteiger partial charge in [0.2, 0.25) is 0 Å². The predicted molar refractivity (Wildman–Crippen MR) is 106 cm³/mol. The van der Waals surface area contributed by atoms with Crippen LogP contribution in [0.4, 0.5) is 4.53 Å². The summed E-state index contributed by atoms with van der Waals surface area (Å²) < 4.78 is 15.6. The highest BCUT2D eigenvalue weighted by molar-refractivity contribution is 9.10. The lowest BCUT2D eigenvalue weighted by atomic mass is 9.98. The molecular weight excluding hydrogens is 409 g/mol. The van der Waals surface area contributed by atoms with E-state index in [-0.39, 0.29) is 11.7 Å². The first-order chi connectivity index (χ1) is 13.2. The van der Waals surface area contributed by atoms with E-state index in [1.165, 1.54) is 0 Å². The number of rotatable bonds is 4. The third-order valence-corrected chi connectivity index (χ3v) is 5.06. The van der Waals surface area contributed by atoms with Crippen molar-refractivity contribution < 1.29 is 14.3 Å². The van der Waals surface area contributed by atoms with Gasteiger partial charge in [0.15, 0.2) is 0 Å². The van der Waals surface area contributed by atoms with Crippen LogP contribution in [-0.4, -0.2) is 10.5 Å². The third kappa shape index (κ3) is 3.26. The van der Waals surface area contributed by atoms with Crippen LogP contribution in [0, 0.1) is 0 Å². The minimum absolute atomic E-state index is 0.156. The normalized spacial score (nSPS) is 11.1. The van der Waals surface area contributed by atoms with Crippen molar-refractivity contribution in [3.63, 3.8) is 0 Å². The standard InChI is InChI=1S/C22H15BrFNO2/c23-18-11-12-19-17(13-18)14-20(22(26)27-24)25(19)21(15-7-3-1-4-8-15)16-9-5-2-6-10-16/h1-14,21H. The molecule has 4 rings (SSSR count). The van der Waals surface area contributed by atoms with Crippen LogP contribution >= 0.6 is 15.9 Å². The fraction of sp³-hybridized carbons (Fsp3) is 0.0455. The summed E-state index contributed by atoms with van der Waals surface area (Å²) in [5.74, 6) is -1.01. The number of aromatic nitrogens is 1. The van der Waals surface area contributed by atoms with E-state index < -0.39 is 5.97 Å². The molecule has 0 aliphatic heterocycles. The Bertz CT molecular complexity index is 1050. The van der Waals surface area contributed by atoms with Crippen molar-refractivity contribution in [2.24, 2.45) is 0 Å². The van der Waals surface area contributed by atoms with E-state index in [2.05, 4.69) is 20.9 Å². The average molecular weight is 424 g/mol. The van der Waals surface area contributed by atoms with Crippen molar-refractivity contribution in [1.29, 1.82) is 0 Å². The zero-order chi connectivity index (χ0) is 18.8. The molecule has 0 unspecified atom stereocenters. The maximum absolute atomic E-state index is 12.9. The van der Waals surface area contributed by atoms with Crippen LogP contribution in [0.25, 0.3) is 10.9 Å². The second-order valence-corrected chi connectivity index (χ2v) is 7.11. The van der Waals surface area contributed by atoms with Crippen LogP contribution in [0.5, 0.6) is 0 Å². The molecule has 0 atom stereocenters. The van der Waals surface area contributed by atoms with Gasteiger partial charge in [0.05, 0.1) is 6.04 Å². The smallest absolute Gasteiger partial charge is 0.323 e. The monoisotopic (exact) mass is 423 g/mol. The summed E-state index contributed by atoms with van der Waals surface area (Å²) in [7, 11) is 0. The first-order valence-corrected chi connectivity index (χ1v) is 9.21. The molecule has 0 bridgehead atoms. The lowest BCUT2D eigenvalue weighted by Crippen LogP contribution is -2.18. The minimum Gasteiger partial charge on any atom is -0.323 e. The van der Waals surface area contributed by atoms with E-state index in [0.29, 0.717) is 0 Å². The Morgan fingerprint density at radius 2 is 1.48 bits per heavy atom. The summed E-state index contributed by atoms with van der Waals surface area (Å²) in [5, 5.41) is 0.821. The molecule has 134 valence electrons. The average Bonchev–Trinajstić information content (AvgIpc) is 3.07. The third-order valence-electron chi connectivity index (χ3n) is 4.57. The second-order valence-electron chi connectivity index (χ2n) is 6.19. The molecule has 1 heterocycles. The van der Waals surface area contributed by atoms with Gasteiger partial charge in [0.25, 0.3) is 0 Å². The van der Waals surface area contributed by atoms with Gasteiger partial charge < -0.3 is 4.57 Å². The summed E-state index contributed by atoms with van der Waals surface area (Å²) in [4.78, 5) is 15.8. The Morgan fingerprint density at radius 1 is 0.889 bits per heavy atom. The maximum Gasteiger partial charge on any atom is 0.395 e. The highest BCUT2D eigenvalue weighted by atomic mass is 79.9. The molecule has 3 aromatic carbocycles. The minimum atomic E-state index is -1.01. The molecule has 0 saturated heterocycles. The topological polar surface area (TPSA) is 31.2 Å². The zero-order valence-corrected chi connectivity index (χ0v) is 15.8. The molecule has 0 saturated carbocycles. The summed E-state index contributed by atoms with van der Waals surface area (Å²) in [6.07, 6.45) is 0. The Kier molecular flexibility index (Phi) is 4.77. The number of hydrogen-bond acceptors (Lipinski definition) is 2. The fourth-order valence-electron chi connectivity index (χ4n) is 3.44. The van der Waals surface area contributed by atoms with Gasteiger partial charge in [-0.15, -0.1) is 0 Å². The van der Waals surface area contributed by atoms with E-state index in [9.17, 15) is 9.32 Å². The van der Waals surface area contributed by atoms with Crippen molar-refractivity contribution in [3.05, 3.63) is 106 Å². The van der Waals surface area contributed by atoms with E-state index in [4.69, 9.17) is 0 Å². The number of benzene rings is 3. The summed E-state index contributed by atoms with van der Waals surface area (Å²) in [5.41, 5.74) is 2.94. The SMILES string of the molecule is O=C(OF)c1cc2cc(Br)ccc2n1C(c1ccccc1)c1ccccc1. The van der Waals surface area contributed by atoms with Gasteiger partial charge in [-0.3, -0.25) is 0 Å². The molecule has 0 aliphatic carbocycles. The molecule has 0 N–H and O–H groups in total. The number of carbonyl (C=O) groups excluding carboxylic acids is 1. The number of halogens is 2. The van der Waals surface area contributed by atoms with Crippen molar-refractivity contribution in [3.8, 4) is 0 Å². The Balaban J connectivity index is 2.05. The van der Waals surface area contributed by atoms with Crippen LogP contribution in [0.15, 0.2) is 89.4 Å². The number of carbonyl (C=O) groups is 1. The Morgan fingerprint density at radius 3 is 2.04 bits per heavy atom. The zero-order valence-electron chi connectivity index (χ0n) is 14.2. The molecule has 0 spiro atoms. The van der Waals surface area contributed by atoms with Gasteiger partial charge in [-0.2, -0.15) is 0 Å². The number of fused-ring (bicyclic) bond motifs is 1. The lowest BCUT2D eigenvalue weighted by Gasteiger charge is -2.23. The Hall–Kier alpha value is -2.92. The second kappa shape index (κ2) is 7.37. The molecular formula is C22H15BrFNO2. The predicted octanol–water partition coefficient (Wildman–Crippen LogP) is 6.08. The summed E-state index contributed by atoms with van der Waals surface area (Å²) in [6, 6.07) is 26.7. The molecule has 0 fully saturated rings. The molecule has 5 heteroatoms. The molecule has 27 heavy (non-hydrogen) atoms. The van der Waals surface area contributed by atoms with E-state index >= 15 is 0 Å². The van der Waals surface area contributed by atoms with Crippen LogP contribution in [0.2, 0.25) is 0 Å². The molecule has 1 aromatic heterocycles. The first-order valence-electron chi connectivity index (χ1n) is 8.42. The van der Waals surface area contributed by atoms with Crippen molar-refractivity contribution in [1.82, 2.24) is 4.57 Å². The maximum atomic E-state index is 12.9.